The SMILES string of the molecule is O=S(=O)(c1ccc2c(c1)CCCC2)N1CCN(c2ccc(Cl)cc2)CC1. The summed E-state index contributed by atoms with van der Waals surface area (Å²) < 4.78 is 27.7. The fourth-order valence-corrected chi connectivity index (χ4v) is 5.46. The van der Waals surface area contributed by atoms with E-state index in [1.807, 2.05) is 36.4 Å². The zero-order chi connectivity index (χ0) is 18.1. The van der Waals surface area contributed by atoms with Gasteiger partial charge in [0.05, 0.1) is 4.90 Å². The number of halogens is 1. The quantitative estimate of drug-likeness (QED) is 0.801. The van der Waals surface area contributed by atoms with Crippen molar-refractivity contribution in [1.82, 2.24) is 4.31 Å². The molecule has 1 saturated heterocycles. The fraction of sp³-hybridized carbons (Fsp3) is 0.400. The molecular weight excluding hydrogens is 368 g/mol. The first-order valence-corrected chi connectivity index (χ1v) is 11.0. The van der Waals surface area contributed by atoms with Gasteiger partial charge in [-0.2, -0.15) is 4.31 Å². The van der Waals surface area contributed by atoms with Gasteiger partial charge < -0.3 is 4.90 Å². The topological polar surface area (TPSA) is 40.6 Å². The van der Waals surface area contributed by atoms with Gasteiger partial charge in [0, 0.05) is 36.9 Å². The summed E-state index contributed by atoms with van der Waals surface area (Å²) in [4.78, 5) is 2.65. The molecule has 4 rings (SSSR count). The van der Waals surface area contributed by atoms with Crippen LogP contribution in [0.5, 0.6) is 0 Å². The maximum absolute atomic E-state index is 13.1. The molecule has 2 aromatic carbocycles. The van der Waals surface area contributed by atoms with Crippen LogP contribution in [0.25, 0.3) is 0 Å². The number of rotatable bonds is 3. The van der Waals surface area contributed by atoms with E-state index in [1.165, 1.54) is 17.5 Å². The number of nitrogens with zero attached hydrogens (tertiary/aromatic N) is 2. The van der Waals surface area contributed by atoms with Gasteiger partial charge >= 0.3 is 0 Å². The van der Waals surface area contributed by atoms with Gasteiger partial charge in [0.25, 0.3) is 0 Å². The molecule has 0 unspecified atom stereocenters. The lowest BCUT2D eigenvalue weighted by atomic mass is 9.92. The number of sulfonamides is 1. The molecule has 1 heterocycles. The monoisotopic (exact) mass is 390 g/mol. The van der Waals surface area contributed by atoms with E-state index in [2.05, 4.69) is 4.90 Å². The van der Waals surface area contributed by atoms with Crippen LogP contribution < -0.4 is 4.90 Å². The molecule has 0 saturated carbocycles. The van der Waals surface area contributed by atoms with E-state index in [1.54, 1.807) is 10.4 Å². The molecule has 0 radical (unpaired) electrons. The molecule has 2 aromatic rings. The first kappa shape index (κ1) is 17.8. The molecule has 26 heavy (non-hydrogen) atoms. The summed E-state index contributed by atoms with van der Waals surface area (Å²) >= 11 is 5.95. The normalized spacial score (nSPS) is 18.6. The van der Waals surface area contributed by atoms with Crippen LogP contribution >= 0.6 is 11.6 Å². The van der Waals surface area contributed by atoms with E-state index in [0.29, 0.717) is 36.1 Å². The Morgan fingerprint density at radius 3 is 2.15 bits per heavy atom. The third-order valence-corrected chi connectivity index (χ3v) is 7.53. The molecule has 0 bridgehead atoms. The number of hydrogen-bond donors (Lipinski definition) is 0. The highest BCUT2D eigenvalue weighted by Gasteiger charge is 2.29. The van der Waals surface area contributed by atoms with Gasteiger partial charge in [-0.1, -0.05) is 17.7 Å². The van der Waals surface area contributed by atoms with Crippen LogP contribution in [-0.4, -0.2) is 38.9 Å². The van der Waals surface area contributed by atoms with Crippen molar-refractivity contribution in [3.05, 3.63) is 58.6 Å². The summed E-state index contributed by atoms with van der Waals surface area (Å²) in [5, 5.41) is 0.711. The van der Waals surface area contributed by atoms with Gasteiger partial charge in [0.15, 0.2) is 0 Å². The Morgan fingerprint density at radius 2 is 1.46 bits per heavy atom. The number of benzene rings is 2. The smallest absolute Gasteiger partial charge is 0.243 e. The first-order valence-electron chi connectivity index (χ1n) is 9.16. The standard InChI is InChI=1S/C20H23ClN2O2S/c21-18-6-8-19(9-7-18)22-11-13-23(14-12-22)26(24,25)20-10-5-16-3-1-2-4-17(16)15-20/h5-10,15H,1-4,11-14H2. The Labute approximate surface area is 160 Å². The van der Waals surface area contributed by atoms with Gasteiger partial charge in [0.2, 0.25) is 10.0 Å². The summed E-state index contributed by atoms with van der Waals surface area (Å²) in [6.45, 7) is 2.38. The van der Waals surface area contributed by atoms with E-state index in [9.17, 15) is 8.42 Å². The summed E-state index contributed by atoms with van der Waals surface area (Å²) in [5.41, 5.74) is 3.60. The average Bonchev–Trinajstić information content (AvgIpc) is 2.68. The number of aryl methyl sites for hydroxylation is 2. The molecule has 138 valence electrons. The van der Waals surface area contributed by atoms with Gasteiger partial charge in [0.1, 0.15) is 0 Å². The molecule has 0 spiro atoms. The van der Waals surface area contributed by atoms with Crippen LogP contribution in [0.15, 0.2) is 47.4 Å². The van der Waals surface area contributed by atoms with E-state index < -0.39 is 10.0 Å². The molecule has 0 aromatic heterocycles. The van der Waals surface area contributed by atoms with Gasteiger partial charge in [-0.05, 0) is 73.2 Å². The van der Waals surface area contributed by atoms with Crippen molar-refractivity contribution in [2.24, 2.45) is 0 Å². The van der Waals surface area contributed by atoms with Crippen molar-refractivity contribution in [1.29, 1.82) is 0 Å². The van der Waals surface area contributed by atoms with E-state index in [0.717, 1.165) is 24.9 Å². The van der Waals surface area contributed by atoms with Crippen LogP contribution in [0.2, 0.25) is 5.02 Å². The number of fused-ring (bicyclic) bond motifs is 1. The first-order chi connectivity index (χ1) is 12.5. The molecule has 2 aliphatic rings. The van der Waals surface area contributed by atoms with E-state index in [-0.39, 0.29) is 0 Å². The lowest BCUT2D eigenvalue weighted by molar-refractivity contribution is 0.385. The summed E-state index contributed by atoms with van der Waals surface area (Å²) in [6.07, 6.45) is 4.40. The van der Waals surface area contributed by atoms with Crippen LogP contribution in [0.3, 0.4) is 0 Å². The highest BCUT2D eigenvalue weighted by atomic mass is 35.5. The molecule has 0 atom stereocenters. The van der Waals surface area contributed by atoms with Crippen LogP contribution in [0.4, 0.5) is 5.69 Å². The third-order valence-electron chi connectivity index (χ3n) is 5.39. The van der Waals surface area contributed by atoms with Crippen molar-refractivity contribution < 1.29 is 8.42 Å². The largest absolute Gasteiger partial charge is 0.369 e. The second-order valence-corrected chi connectivity index (χ2v) is 9.38. The summed E-state index contributed by atoms with van der Waals surface area (Å²) in [7, 11) is -3.42. The van der Waals surface area contributed by atoms with Crippen molar-refractivity contribution in [3.8, 4) is 0 Å². The minimum atomic E-state index is -3.42. The Balaban J connectivity index is 1.48. The zero-order valence-corrected chi connectivity index (χ0v) is 16.3. The second-order valence-electron chi connectivity index (χ2n) is 7.01. The van der Waals surface area contributed by atoms with Crippen molar-refractivity contribution in [2.45, 2.75) is 30.6 Å². The van der Waals surface area contributed by atoms with Gasteiger partial charge in [-0.25, -0.2) is 8.42 Å². The molecule has 4 nitrogen and oxygen atoms in total. The Hall–Kier alpha value is -1.56. The van der Waals surface area contributed by atoms with E-state index in [4.69, 9.17) is 11.6 Å². The average molecular weight is 391 g/mol. The Bertz CT molecular complexity index is 889. The molecular formula is C20H23ClN2O2S. The zero-order valence-electron chi connectivity index (χ0n) is 14.7. The van der Waals surface area contributed by atoms with Crippen molar-refractivity contribution in [3.63, 3.8) is 0 Å². The van der Waals surface area contributed by atoms with Crippen LogP contribution in [0.1, 0.15) is 24.0 Å². The van der Waals surface area contributed by atoms with Gasteiger partial charge in [-0.3, -0.25) is 0 Å². The molecule has 0 N–H and O–H groups in total. The predicted molar refractivity (Wildman–Crippen MR) is 106 cm³/mol. The minimum Gasteiger partial charge on any atom is -0.369 e. The number of piperazine rings is 1. The second kappa shape index (κ2) is 7.22. The predicted octanol–water partition coefficient (Wildman–Crippen LogP) is 3.73. The lowest BCUT2D eigenvalue weighted by Gasteiger charge is -2.35. The van der Waals surface area contributed by atoms with Gasteiger partial charge in [-0.15, -0.1) is 0 Å². The summed E-state index contributed by atoms with van der Waals surface area (Å²) in [6, 6.07) is 13.4. The molecule has 1 fully saturated rings. The molecule has 1 aliphatic carbocycles. The molecule has 1 aliphatic heterocycles. The minimum absolute atomic E-state index is 0.443. The molecule has 0 amide bonds. The number of anilines is 1. The van der Waals surface area contributed by atoms with Crippen molar-refractivity contribution >= 4 is 27.3 Å². The fourth-order valence-electron chi connectivity index (χ4n) is 3.86. The van der Waals surface area contributed by atoms with Crippen LogP contribution in [0, 0.1) is 0 Å². The Morgan fingerprint density at radius 1 is 0.808 bits per heavy atom. The highest BCUT2D eigenvalue weighted by Crippen LogP contribution is 2.27. The number of hydrogen-bond acceptors (Lipinski definition) is 3. The third kappa shape index (κ3) is 3.48. The summed E-state index contributed by atoms with van der Waals surface area (Å²) in [5.74, 6) is 0. The maximum atomic E-state index is 13.1. The molecule has 6 heteroatoms. The van der Waals surface area contributed by atoms with E-state index >= 15 is 0 Å². The maximum Gasteiger partial charge on any atom is 0.243 e. The van der Waals surface area contributed by atoms with Crippen LogP contribution in [-0.2, 0) is 22.9 Å². The highest BCUT2D eigenvalue weighted by molar-refractivity contribution is 7.89. The van der Waals surface area contributed by atoms with Crippen molar-refractivity contribution in [2.75, 3.05) is 31.1 Å². The Kier molecular flexibility index (Phi) is 4.95. The lowest BCUT2D eigenvalue weighted by Crippen LogP contribution is -2.48.